The van der Waals surface area contributed by atoms with Crippen LogP contribution in [0.5, 0.6) is 0 Å². The van der Waals surface area contributed by atoms with Gasteiger partial charge in [0.25, 0.3) is 0 Å². The molecule has 0 fully saturated rings. The number of esters is 2. The Morgan fingerprint density at radius 1 is 0.463 bits per heavy atom. The minimum Gasteiger partial charge on any atom is -0.462 e. The maximum atomic E-state index is 13.3. The molecule has 0 spiro atoms. The standard InChI is InChI=1S/C46H87NO6S/c1-4-7-10-13-16-19-20-21-22-25-26-29-32-35-44(49)47-42(40-54)43(48)38-41(53-46(51)37-34-31-28-24-18-15-12-9-6-3)39-52-45(50)36-33-30-27-23-17-14-11-8-5-2/h41-42,54H,4-40H2,1-3H3,(H,47,49)/t41-,42-/m1/s1. The summed E-state index contributed by atoms with van der Waals surface area (Å²) in [5, 5.41) is 2.85. The topological polar surface area (TPSA) is 98.8 Å². The van der Waals surface area contributed by atoms with E-state index in [0.717, 1.165) is 57.8 Å². The molecular formula is C46H87NO6S. The van der Waals surface area contributed by atoms with Gasteiger partial charge in [0, 0.05) is 31.4 Å². The summed E-state index contributed by atoms with van der Waals surface area (Å²) in [4.78, 5) is 51.4. The highest BCUT2D eigenvalue weighted by atomic mass is 32.1. The molecule has 0 aromatic carbocycles. The van der Waals surface area contributed by atoms with Gasteiger partial charge >= 0.3 is 11.9 Å². The molecule has 1 N–H and O–H groups in total. The average molecular weight is 782 g/mol. The van der Waals surface area contributed by atoms with Crippen molar-refractivity contribution in [2.75, 3.05) is 12.4 Å². The number of Topliss-reactive ketones (excluding diaryl/α,β-unsaturated/α-hetero) is 1. The average Bonchev–Trinajstić information content (AvgIpc) is 3.16. The van der Waals surface area contributed by atoms with E-state index in [1.807, 2.05) is 0 Å². The molecule has 2 atom stereocenters. The van der Waals surface area contributed by atoms with Crippen LogP contribution in [0.4, 0.5) is 0 Å². The second-order valence-electron chi connectivity index (χ2n) is 15.9. The monoisotopic (exact) mass is 782 g/mol. The molecule has 0 saturated carbocycles. The lowest BCUT2D eigenvalue weighted by Gasteiger charge is -2.21. The van der Waals surface area contributed by atoms with E-state index in [2.05, 4.69) is 38.7 Å². The van der Waals surface area contributed by atoms with Gasteiger partial charge in [-0.25, -0.2) is 0 Å². The van der Waals surface area contributed by atoms with Crippen LogP contribution in [0.15, 0.2) is 0 Å². The van der Waals surface area contributed by atoms with Crippen LogP contribution in [0.2, 0.25) is 0 Å². The fraction of sp³-hybridized carbons (Fsp3) is 0.913. The van der Waals surface area contributed by atoms with Gasteiger partial charge in [-0.05, 0) is 19.3 Å². The first-order valence-corrected chi connectivity index (χ1v) is 23.8. The van der Waals surface area contributed by atoms with E-state index in [1.165, 1.54) is 141 Å². The zero-order valence-electron chi connectivity index (χ0n) is 35.7. The summed E-state index contributed by atoms with van der Waals surface area (Å²) in [6.07, 6.45) is 36.9. The molecule has 7 nitrogen and oxygen atoms in total. The van der Waals surface area contributed by atoms with Gasteiger partial charge in [0.2, 0.25) is 5.91 Å². The SMILES string of the molecule is CCCCCCCCCCCCCCCC(=O)N[C@H](CS)C(=O)C[C@H](COC(=O)CCCCCCCCCCC)OC(=O)CCCCCCCCCCC. The third kappa shape index (κ3) is 36.1. The summed E-state index contributed by atoms with van der Waals surface area (Å²) in [6.45, 7) is 6.55. The van der Waals surface area contributed by atoms with Gasteiger partial charge in [0.1, 0.15) is 12.7 Å². The van der Waals surface area contributed by atoms with Crippen LogP contribution in [0, 0.1) is 0 Å². The summed E-state index contributed by atoms with van der Waals surface area (Å²) in [6, 6.07) is -0.779. The van der Waals surface area contributed by atoms with E-state index in [0.29, 0.717) is 12.8 Å². The number of carbonyl (C=O) groups is 4. The Morgan fingerprint density at radius 2 is 0.796 bits per heavy atom. The molecule has 0 aliphatic rings. The maximum Gasteiger partial charge on any atom is 0.306 e. The van der Waals surface area contributed by atoms with Crippen LogP contribution in [0.1, 0.15) is 245 Å². The third-order valence-corrected chi connectivity index (χ3v) is 10.9. The second-order valence-corrected chi connectivity index (χ2v) is 16.3. The summed E-state index contributed by atoms with van der Waals surface area (Å²) in [5.74, 6) is -0.973. The number of hydrogen-bond acceptors (Lipinski definition) is 7. The van der Waals surface area contributed by atoms with Crippen LogP contribution >= 0.6 is 12.6 Å². The van der Waals surface area contributed by atoms with Crippen molar-refractivity contribution in [1.29, 1.82) is 0 Å². The van der Waals surface area contributed by atoms with Gasteiger partial charge in [-0.1, -0.05) is 201 Å². The molecule has 54 heavy (non-hydrogen) atoms. The van der Waals surface area contributed by atoms with Crippen LogP contribution < -0.4 is 5.32 Å². The Kier molecular flexibility index (Phi) is 39.9. The predicted octanol–water partition coefficient (Wildman–Crippen LogP) is 13.1. The van der Waals surface area contributed by atoms with Crippen molar-refractivity contribution in [3.8, 4) is 0 Å². The van der Waals surface area contributed by atoms with Gasteiger partial charge in [-0.2, -0.15) is 12.6 Å². The zero-order valence-corrected chi connectivity index (χ0v) is 36.6. The van der Waals surface area contributed by atoms with E-state index >= 15 is 0 Å². The number of ketones is 1. The van der Waals surface area contributed by atoms with Crippen molar-refractivity contribution in [1.82, 2.24) is 5.32 Å². The van der Waals surface area contributed by atoms with Crippen LogP contribution in [-0.2, 0) is 28.7 Å². The van der Waals surface area contributed by atoms with Crippen LogP contribution in [0.3, 0.4) is 0 Å². The van der Waals surface area contributed by atoms with Crippen LogP contribution in [0.25, 0.3) is 0 Å². The highest BCUT2D eigenvalue weighted by Crippen LogP contribution is 2.16. The number of ether oxygens (including phenoxy) is 2. The molecule has 0 unspecified atom stereocenters. The molecule has 318 valence electrons. The van der Waals surface area contributed by atoms with Gasteiger partial charge in [-0.3, -0.25) is 19.2 Å². The Balaban J connectivity index is 4.64. The zero-order chi connectivity index (χ0) is 39.7. The fourth-order valence-corrected chi connectivity index (χ4v) is 7.26. The lowest BCUT2D eigenvalue weighted by atomic mass is 10.0. The first-order chi connectivity index (χ1) is 26.4. The minimum atomic E-state index is -0.879. The van der Waals surface area contributed by atoms with E-state index in [1.54, 1.807) is 0 Å². The lowest BCUT2D eigenvalue weighted by molar-refractivity contribution is -0.160. The van der Waals surface area contributed by atoms with Gasteiger partial charge in [0.05, 0.1) is 6.04 Å². The molecule has 0 aliphatic heterocycles. The lowest BCUT2D eigenvalue weighted by Crippen LogP contribution is -2.44. The summed E-state index contributed by atoms with van der Waals surface area (Å²) in [5.41, 5.74) is 0. The molecule has 0 bridgehead atoms. The summed E-state index contributed by atoms with van der Waals surface area (Å²) < 4.78 is 11.2. The highest BCUT2D eigenvalue weighted by molar-refractivity contribution is 7.80. The van der Waals surface area contributed by atoms with Crippen molar-refractivity contribution in [2.24, 2.45) is 0 Å². The largest absolute Gasteiger partial charge is 0.462 e. The van der Waals surface area contributed by atoms with E-state index in [4.69, 9.17) is 9.47 Å². The molecular weight excluding hydrogens is 695 g/mol. The summed E-state index contributed by atoms with van der Waals surface area (Å²) in [7, 11) is 0. The summed E-state index contributed by atoms with van der Waals surface area (Å²) >= 11 is 4.35. The van der Waals surface area contributed by atoms with Gasteiger partial charge in [-0.15, -0.1) is 0 Å². The maximum absolute atomic E-state index is 13.3. The Morgan fingerprint density at radius 3 is 1.17 bits per heavy atom. The first-order valence-electron chi connectivity index (χ1n) is 23.2. The molecule has 0 saturated heterocycles. The highest BCUT2D eigenvalue weighted by Gasteiger charge is 2.26. The number of nitrogens with one attached hydrogen (secondary N) is 1. The second kappa shape index (κ2) is 41.1. The van der Waals surface area contributed by atoms with Crippen LogP contribution in [-0.4, -0.2) is 48.1 Å². The Hall–Kier alpha value is -1.57. The van der Waals surface area contributed by atoms with E-state index in [-0.39, 0.29) is 48.8 Å². The molecule has 0 aliphatic carbocycles. The third-order valence-electron chi connectivity index (χ3n) is 10.5. The fourth-order valence-electron chi connectivity index (χ4n) is 6.96. The Labute approximate surface area is 339 Å². The van der Waals surface area contributed by atoms with Crippen molar-refractivity contribution in [3.05, 3.63) is 0 Å². The van der Waals surface area contributed by atoms with E-state index < -0.39 is 12.1 Å². The normalized spacial score (nSPS) is 12.4. The van der Waals surface area contributed by atoms with Gasteiger partial charge in [0.15, 0.2) is 5.78 Å². The molecule has 0 aromatic heterocycles. The predicted molar refractivity (Wildman–Crippen MR) is 230 cm³/mol. The smallest absolute Gasteiger partial charge is 0.306 e. The number of rotatable bonds is 42. The molecule has 0 radical (unpaired) electrons. The van der Waals surface area contributed by atoms with Crippen molar-refractivity contribution in [2.45, 2.75) is 258 Å². The number of amides is 1. The molecule has 0 aromatic rings. The molecule has 0 rings (SSSR count). The quantitative estimate of drug-likeness (QED) is 0.0363. The van der Waals surface area contributed by atoms with Crippen molar-refractivity contribution >= 4 is 36.3 Å². The number of thiol groups is 1. The molecule has 0 heterocycles. The number of unbranched alkanes of at least 4 members (excludes halogenated alkanes) is 28. The first kappa shape index (κ1) is 52.4. The van der Waals surface area contributed by atoms with E-state index in [9.17, 15) is 19.2 Å². The van der Waals surface area contributed by atoms with Gasteiger partial charge < -0.3 is 14.8 Å². The molecule has 8 heteroatoms. The minimum absolute atomic E-state index is 0.126. The Bertz CT molecular complexity index is 883. The molecule has 1 amide bonds. The van der Waals surface area contributed by atoms with Crippen molar-refractivity contribution in [3.63, 3.8) is 0 Å². The van der Waals surface area contributed by atoms with Crippen molar-refractivity contribution < 1.29 is 28.7 Å². The number of carbonyl (C=O) groups excluding carboxylic acids is 4. The number of hydrogen-bond donors (Lipinski definition) is 2.